The van der Waals surface area contributed by atoms with E-state index < -0.39 is 10.0 Å². The van der Waals surface area contributed by atoms with Gasteiger partial charge in [-0.3, -0.25) is 0 Å². The molecule has 0 amide bonds. The van der Waals surface area contributed by atoms with Crippen molar-refractivity contribution >= 4 is 10.0 Å². The molecule has 0 spiro atoms. The van der Waals surface area contributed by atoms with Crippen molar-refractivity contribution in [2.75, 3.05) is 13.1 Å². The summed E-state index contributed by atoms with van der Waals surface area (Å²) in [6.07, 6.45) is 1.41. The minimum Gasteiger partial charge on any atom is -0.346 e. The number of rotatable bonds is 1. The monoisotopic (exact) mass is 165 g/mol. The van der Waals surface area contributed by atoms with Gasteiger partial charge in [0.05, 0.1) is 18.3 Å². The number of piperidine rings is 1. The second-order valence-electron chi connectivity index (χ2n) is 2.65. The maximum atomic E-state index is 10.8. The van der Waals surface area contributed by atoms with Crippen LogP contribution >= 0.6 is 0 Å². The Balaban J connectivity index is 2.56. The molecule has 10 heavy (non-hydrogen) atoms. The van der Waals surface area contributed by atoms with Crippen LogP contribution in [0.4, 0.5) is 0 Å². The molecule has 1 rings (SSSR count). The summed E-state index contributed by atoms with van der Waals surface area (Å²) in [4.78, 5) is 0. The second-order valence-corrected chi connectivity index (χ2v) is 4.50. The average molecular weight is 165 g/mol. The SMILES string of the molecule is NS(=O)(=O)C1CC[NH2+]CC1. The maximum Gasteiger partial charge on any atom is 0.212 e. The van der Waals surface area contributed by atoms with Crippen LogP contribution in [0.25, 0.3) is 0 Å². The predicted molar refractivity (Wildman–Crippen MR) is 37.8 cm³/mol. The summed E-state index contributed by atoms with van der Waals surface area (Å²) in [5.41, 5.74) is 0. The van der Waals surface area contributed by atoms with E-state index in [-0.39, 0.29) is 5.25 Å². The lowest BCUT2D eigenvalue weighted by Crippen LogP contribution is -2.87. The van der Waals surface area contributed by atoms with Crippen LogP contribution in [0.5, 0.6) is 0 Å². The summed E-state index contributed by atoms with van der Waals surface area (Å²) in [6.45, 7) is 1.78. The summed E-state index contributed by atoms with van der Waals surface area (Å²) in [5, 5.41) is 6.80. The van der Waals surface area contributed by atoms with E-state index in [1.165, 1.54) is 0 Å². The van der Waals surface area contributed by atoms with Crippen molar-refractivity contribution in [3.63, 3.8) is 0 Å². The van der Waals surface area contributed by atoms with Crippen molar-refractivity contribution in [3.8, 4) is 0 Å². The maximum absolute atomic E-state index is 10.8. The molecule has 1 heterocycles. The lowest BCUT2D eigenvalue weighted by Gasteiger charge is -2.17. The van der Waals surface area contributed by atoms with Gasteiger partial charge in [0.25, 0.3) is 0 Å². The smallest absolute Gasteiger partial charge is 0.212 e. The van der Waals surface area contributed by atoms with Crippen LogP contribution in [0.1, 0.15) is 12.8 Å². The highest BCUT2D eigenvalue weighted by Gasteiger charge is 2.24. The highest BCUT2D eigenvalue weighted by molar-refractivity contribution is 7.89. The predicted octanol–water partition coefficient (Wildman–Crippen LogP) is -2.00. The Hall–Kier alpha value is -0.130. The topological polar surface area (TPSA) is 76.8 Å². The van der Waals surface area contributed by atoms with Crippen molar-refractivity contribution in [2.24, 2.45) is 5.14 Å². The van der Waals surface area contributed by atoms with Gasteiger partial charge in [0.1, 0.15) is 0 Å². The molecule has 0 radical (unpaired) electrons. The summed E-state index contributed by atoms with van der Waals surface area (Å²) >= 11 is 0. The van der Waals surface area contributed by atoms with Gasteiger partial charge in [-0.05, 0) is 0 Å². The first-order valence-corrected chi connectivity index (χ1v) is 5.05. The van der Waals surface area contributed by atoms with Crippen LogP contribution in [0, 0.1) is 0 Å². The third-order valence-corrected chi connectivity index (χ3v) is 3.25. The zero-order valence-electron chi connectivity index (χ0n) is 5.79. The van der Waals surface area contributed by atoms with Gasteiger partial charge in [0.2, 0.25) is 10.0 Å². The fourth-order valence-electron chi connectivity index (χ4n) is 1.22. The first-order valence-electron chi connectivity index (χ1n) is 3.44. The highest BCUT2D eigenvalue weighted by atomic mass is 32.2. The van der Waals surface area contributed by atoms with Gasteiger partial charge in [0, 0.05) is 12.8 Å². The van der Waals surface area contributed by atoms with E-state index in [0.29, 0.717) is 12.8 Å². The lowest BCUT2D eigenvalue weighted by molar-refractivity contribution is -0.661. The Morgan fingerprint density at radius 2 is 1.80 bits per heavy atom. The van der Waals surface area contributed by atoms with E-state index in [4.69, 9.17) is 5.14 Å². The minimum atomic E-state index is -3.25. The van der Waals surface area contributed by atoms with Crippen LogP contribution < -0.4 is 10.5 Å². The highest BCUT2D eigenvalue weighted by Crippen LogP contribution is 2.06. The molecule has 0 aromatic heterocycles. The molecular formula is C5H13N2O2S+. The molecule has 0 aromatic carbocycles. The molecule has 1 aliphatic rings. The van der Waals surface area contributed by atoms with Crippen molar-refractivity contribution in [2.45, 2.75) is 18.1 Å². The molecule has 5 heteroatoms. The molecule has 4 N–H and O–H groups in total. The van der Waals surface area contributed by atoms with Gasteiger partial charge in [-0.15, -0.1) is 0 Å². The van der Waals surface area contributed by atoms with E-state index in [1.54, 1.807) is 0 Å². The zero-order chi connectivity index (χ0) is 7.61. The third-order valence-electron chi connectivity index (χ3n) is 1.85. The molecule has 4 nitrogen and oxygen atoms in total. The first-order chi connectivity index (χ1) is 4.61. The fraction of sp³-hybridized carbons (Fsp3) is 1.00. The lowest BCUT2D eigenvalue weighted by atomic mass is 10.2. The third kappa shape index (κ3) is 1.93. The summed E-state index contributed by atoms with van der Waals surface area (Å²) in [6, 6.07) is 0. The van der Waals surface area contributed by atoms with E-state index in [1.807, 2.05) is 0 Å². The Bertz CT molecular complexity index is 194. The van der Waals surface area contributed by atoms with Crippen LogP contribution in [0.3, 0.4) is 0 Å². The van der Waals surface area contributed by atoms with E-state index in [2.05, 4.69) is 5.32 Å². The molecule has 60 valence electrons. The molecule has 1 fully saturated rings. The van der Waals surface area contributed by atoms with Gasteiger partial charge < -0.3 is 5.32 Å². The van der Waals surface area contributed by atoms with Crippen molar-refractivity contribution < 1.29 is 13.7 Å². The van der Waals surface area contributed by atoms with Gasteiger partial charge >= 0.3 is 0 Å². The zero-order valence-corrected chi connectivity index (χ0v) is 6.60. The number of quaternary nitrogens is 1. The van der Waals surface area contributed by atoms with Gasteiger partial charge in [0.15, 0.2) is 0 Å². The van der Waals surface area contributed by atoms with Crippen LogP contribution in [0.2, 0.25) is 0 Å². The van der Waals surface area contributed by atoms with Crippen LogP contribution in [0.15, 0.2) is 0 Å². The van der Waals surface area contributed by atoms with E-state index in [0.717, 1.165) is 13.1 Å². The molecule has 0 saturated carbocycles. The molecule has 0 bridgehead atoms. The van der Waals surface area contributed by atoms with Crippen LogP contribution in [-0.2, 0) is 10.0 Å². The molecule has 1 saturated heterocycles. The quantitative estimate of drug-likeness (QED) is 0.471. The number of primary sulfonamides is 1. The summed E-state index contributed by atoms with van der Waals surface area (Å²) in [7, 11) is -3.25. The van der Waals surface area contributed by atoms with Crippen LogP contribution in [-0.4, -0.2) is 26.8 Å². The summed E-state index contributed by atoms with van der Waals surface area (Å²) < 4.78 is 21.5. The number of hydrogen-bond donors (Lipinski definition) is 2. The second kappa shape index (κ2) is 2.86. The van der Waals surface area contributed by atoms with Crippen molar-refractivity contribution in [1.82, 2.24) is 0 Å². The van der Waals surface area contributed by atoms with E-state index in [9.17, 15) is 8.42 Å². The average Bonchev–Trinajstić information content (AvgIpc) is 1.88. The Labute approximate surface area is 60.8 Å². The molecule has 0 unspecified atom stereocenters. The standard InChI is InChI=1S/C5H12N2O2S/c6-10(8,9)5-1-3-7-4-2-5/h5,7H,1-4H2,(H2,6,8,9)/p+1. The first kappa shape index (κ1) is 7.97. The number of hydrogen-bond acceptors (Lipinski definition) is 2. The van der Waals surface area contributed by atoms with Crippen molar-refractivity contribution in [1.29, 1.82) is 0 Å². The van der Waals surface area contributed by atoms with Gasteiger partial charge in [-0.25, -0.2) is 13.6 Å². The molecular weight excluding hydrogens is 152 g/mol. The Morgan fingerprint density at radius 1 is 1.30 bits per heavy atom. The molecule has 0 aromatic rings. The van der Waals surface area contributed by atoms with Gasteiger partial charge in [-0.2, -0.15) is 0 Å². The molecule has 0 aliphatic carbocycles. The largest absolute Gasteiger partial charge is 0.346 e. The summed E-state index contributed by atoms with van der Waals surface area (Å²) in [5.74, 6) is 0. The number of nitrogens with two attached hydrogens (primary N) is 2. The normalized spacial score (nSPS) is 22.9. The fourth-order valence-corrected chi connectivity index (χ4v) is 2.15. The number of sulfonamides is 1. The molecule has 0 atom stereocenters. The van der Waals surface area contributed by atoms with E-state index >= 15 is 0 Å². The Kier molecular flexibility index (Phi) is 2.28. The van der Waals surface area contributed by atoms with Crippen molar-refractivity contribution in [3.05, 3.63) is 0 Å². The van der Waals surface area contributed by atoms with Gasteiger partial charge in [-0.1, -0.05) is 0 Å². The Morgan fingerprint density at radius 3 is 2.10 bits per heavy atom. The minimum absolute atomic E-state index is 0.280. The molecule has 1 aliphatic heterocycles.